The number of benzene rings is 2. The molecule has 1 aromatic heterocycles. The van der Waals surface area contributed by atoms with Crippen LogP contribution in [0.5, 0.6) is 0 Å². The van der Waals surface area contributed by atoms with E-state index in [0.29, 0.717) is 29.9 Å². The Morgan fingerprint density at radius 2 is 1.86 bits per heavy atom. The van der Waals surface area contributed by atoms with Crippen LogP contribution in [0.3, 0.4) is 0 Å². The molecule has 0 aliphatic carbocycles. The number of amides is 2. The lowest BCUT2D eigenvalue weighted by atomic mass is 10.1. The number of para-hydroxylation sites is 1. The van der Waals surface area contributed by atoms with Crippen molar-refractivity contribution in [3.63, 3.8) is 0 Å². The van der Waals surface area contributed by atoms with Crippen molar-refractivity contribution in [2.75, 3.05) is 31.3 Å². The van der Waals surface area contributed by atoms with E-state index in [0.717, 1.165) is 16.5 Å². The molecule has 0 spiro atoms. The molecule has 0 bridgehead atoms. The van der Waals surface area contributed by atoms with E-state index < -0.39 is 0 Å². The third-order valence-corrected chi connectivity index (χ3v) is 4.70. The van der Waals surface area contributed by atoms with Gasteiger partial charge < -0.3 is 20.1 Å². The van der Waals surface area contributed by atoms with Gasteiger partial charge in [0.1, 0.15) is 0 Å². The number of fused-ring (bicyclic) bond motifs is 1. The molecule has 0 radical (unpaired) electrons. The zero-order valence-electron chi connectivity index (χ0n) is 16.7. The lowest BCUT2D eigenvalue weighted by Crippen LogP contribution is -2.21. The van der Waals surface area contributed by atoms with Crippen molar-refractivity contribution in [3.05, 3.63) is 59.8 Å². The Morgan fingerprint density at radius 1 is 1.07 bits per heavy atom. The number of nitrogens with zero attached hydrogens (tertiary/aromatic N) is 2. The molecule has 2 aromatic carbocycles. The summed E-state index contributed by atoms with van der Waals surface area (Å²) in [5.41, 5.74) is 3.80. The Hall–Kier alpha value is -3.12. The molecule has 0 aliphatic rings. The average Bonchev–Trinajstić information content (AvgIpc) is 3.04. The fourth-order valence-corrected chi connectivity index (χ4v) is 3.11. The minimum Gasteiger partial charge on any atom is -0.350 e. The van der Waals surface area contributed by atoms with Crippen LogP contribution in [-0.2, 0) is 11.8 Å². The molecule has 6 nitrogen and oxygen atoms in total. The van der Waals surface area contributed by atoms with Crippen LogP contribution in [0, 0.1) is 6.92 Å². The van der Waals surface area contributed by atoms with Gasteiger partial charge in [-0.3, -0.25) is 9.59 Å². The summed E-state index contributed by atoms with van der Waals surface area (Å²) in [6.45, 7) is 2.61. The molecule has 0 saturated carbocycles. The van der Waals surface area contributed by atoms with Gasteiger partial charge in [0, 0.05) is 43.0 Å². The van der Waals surface area contributed by atoms with Gasteiger partial charge in [-0.1, -0.05) is 18.2 Å². The van der Waals surface area contributed by atoms with Crippen LogP contribution in [0.25, 0.3) is 10.9 Å². The Morgan fingerprint density at radius 3 is 2.61 bits per heavy atom. The maximum absolute atomic E-state index is 12.9. The number of hydrogen-bond acceptors (Lipinski definition) is 3. The maximum atomic E-state index is 12.9. The highest BCUT2D eigenvalue weighted by molar-refractivity contribution is 6.12. The third kappa shape index (κ3) is 4.40. The molecule has 0 aliphatic heterocycles. The molecule has 2 N–H and O–H groups in total. The molecule has 2 amide bonds. The lowest BCUT2D eigenvalue weighted by Gasteiger charge is -2.13. The molecule has 0 fully saturated rings. The first-order valence-corrected chi connectivity index (χ1v) is 9.26. The van der Waals surface area contributed by atoms with E-state index >= 15 is 0 Å². The van der Waals surface area contributed by atoms with E-state index in [1.54, 1.807) is 6.07 Å². The number of nitrogens with one attached hydrogen (secondary N) is 2. The van der Waals surface area contributed by atoms with E-state index in [1.807, 2.05) is 80.1 Å². The van der Waals surface area contributed by atoms with Crippen molar-refractivity contribution in [1.29, 1.82) is 0 Å². The van der Waals surface area contributed by atoms with Gasteiger partial charge in [-0.15, -0.1) is 0 Å². The molecule has 6 heteroatoms. The van der Waals surface area contributed by atoms with Crippen LogP contribution in [0.1, 0.15) is 22.3 Å². The number of carbonyl (C=O) groups is 2. The van der Waals surface area contributed by atoms with Gasteiger partial charge >= 0.3 is 0 Å². The smallest absolute Gasteiger partial charge is 0.257 e. The van der Waals surface area contributed by atoms with Gasteiger partial charge in [-0.25, -0.2) is 0 Å². The van der Waals surface area contributed by atoms with Gasteiger partial charge in [-0.05, 0) is 50.8 Å². The van der Waals surface area contributed by atoms with E-state index in [9.17, 15) is 9.59 Å². The summed E-state index contributed by atoms with van der Waals surface area (Å²) in [5.74, 6) is -0.227. The number of carbonyl (C=O) groups excluding carboxylic acids is 2. The van der Waals surface area contributed by atoms with Crippen LogP contribution in [0.2, 0.25) is 0 Å². The Bertz CT molecular complexity index is 1020. The first-order chi connectivity index (χ1) is 13.3. The summed E-state index contributed by atoms with van der Waals surface area (Å²) in [6.07, 6.45) is 2.35. The maximum Gasteiger partial charge on any atom is 0.257 e. The first-order valence-electron chi connectivity index (χ1n) is 9.26. The highest BCUT2D eigenvalue weighted by Gasteiger charge is 2.13. The Kier molecular flexibility index (Phi) is 5.80. The first kappa shape index (κ1) is 19.6. The zero-order valence-corrected chi connectivity index (χ0v) is 16.7. The standard InChI is InChI=1S/C22H26N4O2/c1-15-8-9-17(14-19(15)24-20(27)11-12-25(2)3)23-22(28)18-7-5-6-16-10-13-26(4)21(16)18/h5-10,13-14H,11-12H2,1-4H3,(H,23,28)(H,24,27). The summed E-state index contributed by atoms with van der Waals surface area (Å²) in [6, 6.07) is 13.2. The van der Waals surface area contributed by atoms with Crippen molar-refractivity contribution >= 4 is 34.1 Å². The lowest BCUT2D eigenvalue weighted by molar-refractivity contribution is -0.116. The van der Waals surface area contributed by atoms with Crippen molar-refractivity contribution in [3.8, 4) is 0 Å². The molecule has 28 heavy (non-hydrogen) atoms. The van der Waals surface area contributed by atoms with Gasteiger partial charge in [0.2, 0.25) is 5.91 Å². The molecule has 3 aromatic rings. The van der Waals surface area contributed by atoms with Gasteiger partial charge in [0.25, 0.3) is 5.91 Å². The normalized spacial score (nSPS) is 11.0. The minimum absolute atomic E-state index is 0.0474. The summed E-state index contributed by atoms with van der Waals surface area (Å²) in [7, 11) is 5.79. The van der Waals surface area contributed by atoms with E-state index in [1.165, 1.54) is 0 Å². The average molecular weight is 378 g/mol. The topological polar surface area (TPSA) is 66.4 Å². The van der Waals surface area contributed by atoms with Crippen molar-refractivity contribution in [2.24, 2.45) is 7.05 Å². The van der Waals surface area contributed by atoms with Crippen LogP contribution < -0.4 is 10.6 Å². The Balaban J connectivity index is 1.78. The highest BCUT2D eigenvalue weighted by Crippen LogP contribution is 2.23. The van der Waals surface area contributed by atoms with Crippen molar-refractivity contribution in [1.82, 2.24) is 9.47 Å². The van der Waals surface area contributed by atoms with E-state index in [-0.39, 0.29) is 11.8 Å². The summed E-state index contributed by atoms with van der Waals surface area (Å²) in [5, 5.41) is 6.90. The summed E-state index contributed by atoms with van der Waals surface area (Å²) >= 11 is 0. The van der Waals surface area contributed by atoms with E-state index in [2.05, 4.69) is 10.6 Å². The number of aromatic nitrogens is 1. The number of rotatable bonds is 6. The molecule has 0 atom stereocenters. The molecular weight excluding hydrogens is 352 g/mol. The third-order valence-electron chi connectivity index (χ3n) is 4.70. The molecule has 0 saturated heterocycles. The molecule has 0 unspecified atom stereocenters. The molecule has 3 rings (SSSR count). The minimum atomic E-state index is -0.180. The fourth-order valence-electron chi connectivity index (χ4n) is 3.11. The quantitative estimate of drug-likeness (QED) is 0.688. The van der Waals surface area contributed by atoms with Gasteiger partial charge in [0.05, 0.1) is 11.1 Å². The SMILES string of the molecule is Cc1ccc(NC(=O)c2cccc3ccn(C)c23)cc1NC(=O)CCN(C)C. The highest BCUT2D eigenvalue weighted by atomic mass is 16.2. The summed E-state index contributed by atoms with van der Waals surface area (Å²) in [4.78, 5) is 27.0. The number of hydrogen-bond donors (Lipinski definition) is 2. The second kappa shape index (κ2) is 8.27. The van der Waals surface area contributed by atoms with Gasteiger partial charge in [-0.2, -0.15) is 0 Å². The largest absolute Gasteiger partial charge is 0.350 e. The van der Waals surface area contributed by atoms with E-state index in [4.69, 9.17) is 0 Å². The second-order valence-electron chi connectivity index (χ2n) is 7.26. The number of aryl methyl sites for hydroxylation is 2. The predicted molar refractivity (Wildman–Crippen MR) is 114 cm³/mol. The fraction of sp³-hybridized carbons (Fsp3) is 0.273. The zero-order chi connectivity index (χ0) is 20.3. The van der Waals surface area contributed by atoms with Crippen LogP contribution >= 0.6 is 0 Å². The molecule has 1 heterocycles. The monoisotopic (exact) mass is 378 g/mol. The van der Waals surface area contributed by atoms with Crippen LogP contribution in [0.15, 0.2) is 48.7 Å². The summed E-state index contributed by atoms with van der Waals surface area (Å²) < 4.78 is 1.94. The number of anilines is 2. The van der Waals surface area contributed by atoms with Crippen molar-refractivity contribution in [2.45, 2.75) is 13.3 Å². The second-order valence-corrected chi connectivity index (χ2v) is 7.26. The van der Waals surface area contributed by atoms with Crippen molar-refractivity contribution < 1.29 is 9.59 Å². The Labute approximate surface area is 165 Å². The van der Waals surface area contributed by atoms with Crippen LogP contribution in [-0.4, -0.2) is 41.9 Å². The van der Waals surface area contributed by atoms with Crippen LogP contribution in [0.4, 0.5) is 11.4 Å². The predicted octanol–water partition coefficient (Wildman–Crippen LogP) is 3.63. The van der Waals surface area contributed by atoms with Gasteiger partial charge in [0.15, 0.2) is 0 Å². The molecule has 146 valence electrons. The molecular formula is C22H26N4O2.